The van der Waals surface area contributed by atoms with Gasteiger partial charge < -0.3 is 21.1 Å². The Morgan fingerprint density at radius 3 is 2.21 bits per heavy atom. The molecule has 6 heteroatoms. The molecule has 126 valence electrons. The van der Waals surface area contributed by atoms with E-state index >= 15 is 0 Å². The van der Waals surface area contributed by atoms with Crippen LogP contribution in [0.1, 0.15) is 11.1 Å². The first-order valence-corrected chi connectivity index (χ1v) is 7.62. The number of hydrogen-bond acceptors (Lipinski definition) is 3. The van der Waals surface area contributed by atoms with Crippen LogP contribution < -0.4 is 21.1 Å². The lowest BCUT2D eigenvalue weighted by atomic mass is 10.1. The third kappa shape index (κ3) is 5.64. The van der Waals surface area contributed by atoms with Crippen molar-refractivity contribution >= 4 is 17.6 Å². The molecule has 0 unspecified atom stereocenters. The summed E-state index contributed by atoms with van der Waals surface area (Å²) in [4.78, 5) is 22.7. The summed E-state index contributed by atoms with van der Waals surface area (Å²) >= 11 is 0. The predicted octanol–water partition coefficient (Wildman–Crippen LogP) is 2.09. The van der Waals surface area contributed by atoms with Crippen molar-refractivity contribution in [2.24, 2.45) is 5.73 Å². The van der Waals surface area contributed by atoms with E-state index in [0.29, 0.717) is 12.2 Å². The molecule has 0 aromatic heterocycles. The van der Waals surface area contributed by atoms with E-state index in [1.807, 2.05) is 24.3 Å². The molecule has 0 saturated heterocycles. The SMILES string of the molecule is COc1ccc(CCNC(=O)Nc2ccc(CC(N)=O)cc2)cc1. The fourth-order valence-electron chi connectivity index (χ4n) is 2.19. The van der Waals surface area contributed by atoms with Crippen molar-refractivity contribution in [3.63, 3.8) is 0 Å². The molecule has 0 atom stereocenters. The molecule has 0 bridgehead atoms. The second-order valence-electron chi connectivity index (χ2n) is 5.32. The third-order valence-corrected chi connectivity index (χ3v) is 3.45. The van der Waals surface area contributed by atoms with Gasteiger partial charge in [-0.2, -0.15) is 0 Å². The number of amides is 3. The predicted molar refractivity (Wildman–Crippen MR) is 93.1 cm³/mol. The van der Waals surface area contributed by atoms with Gasteiger partial charge in [-0.15, -0.1) is 0 Å². The van der Waals surface area contributed by atoms with Crippen LogP contribution in [0.25, 0.3) is 0 Å². The van der Waals surface area contributed by atoms with E-state index in [0.717, 1.165) is 23.3 Å². The summed E-state index contributed by atoms with van der Waals surface area (Å²) in [5.74, 6) is 0.427. The Hall–Kier alpha value is -3.02. The summed E-state index contributed by atoms with van der Waals surface area (Å²) in [7, 11) is 1.63. The second-order valence-corrected chi connectivity index (χ2v) is 5.32. The van der Waals surface area contributed by atoms with Gasteiger partial charge in [0, 0.05) is 12.2 Å². The molecule has 2 aromatic carbocycles. The number of primary amides is 1. The van der Waals surface area contributed by atoms with Crippen LogP contribution in [-0.2, 0) is 17.6 Å². The normalized spacial score (nSPS) is 10.0. The highest BCUT2D eigenvalue weighted by molar-refractivity contribution is 5.89. The van der Waals surface area contributed by atoms with E-state index in [2.05, 4.69) is 10.6 Å². The van der Waals surface area contributed by atoms with Gasteiger partial charge in [0.15, 0.2) is 0 Å². The number of nitrogens with one attached hydrogen (secondary N) is 2. The number of nitrogens with two attached hydrogens (primary N) is 1. The molecule has 3 amide bonds. The minimum Gasteiger partial charge on any atom is -0.497 e. The van der Waals surface area contributed by atoms with Crippen molar-refractivity contribution in [3.8, 4) is 5.75 Å². The van der Waals surface area contributed by atoms with Crippen LogP contribution >= 0.6 is 0 Å². The van der Waals surface area contributed by atoms with Crippen molar-refractivity contribution in [1.29, 1.82) is 0 Å². The monoisotopic (exact) mass is 327 g/mol. The van der Waals surface area contributed by atoms with E-state index in [9.17, 15) is 9.59 Å². The molecule has 0 aliphatic heterocycles. The maximum absolute atomic E-state index is 11.8. The van der Waals surface area contributed by atoms with Gasteiger partial charge >= 0.3 is 6.03 Å². The van der Waals surface area contributed by atoms with Crippen LogP contribution in [0.5, 0.6) is 5.75 Å². The number of urea groups is 1. The van der Waals surface area contributed by atoms with Gasteiger partial charge in [0.25, 0.3) is 0 Å². The lowest BCUT2D eigenvalue weighted by Gasteiger charge is -2.08. The van der Waals surface area contributed by atoms with Crippen molar-refractivity contribution in [2.75, 3.05) is 19.0 Å². The standard InChI is InChI=1S/C18H21N3O3/c1-24-16-8-4-13(5-9-16)10-11-20-18(23)21-15-6-2-14(3-7-15)12-17(19)22/h2-9H,10-12H2,1H3,(H2,19,22)(H2,20,21,23). The summed E-state index contributed by atoms with van der Waals surface area (Å²) in [5, 5.41) is 5.54. The first kappa shape index (κ1) is 17.3. The molecule has 0 saturated carbocycles. The van der Waals surface area contributed by atoms with Crippen molar-refractivity contribution in [2.45, 2.75) is 12.8 Å². The quantitative estimate of drug-likeness (QED) is 0.727. The summed E-state index contributed by atoms with van der Waals surface area (Å²) in [6, 6.07) is 14.4. The highest BCUT2D eigenvalue weighted by Gasteiger charge is 2.03. The number of carbonyl (C=O) groups is 2. The zero-order valence-corrected chi connectivity index (χ0v) is 13.5. The topological polar surface area (TPSA) is 93.4 Å². The largest absolute Gasteiger partial charge is 0.497 e. The summed E-state index contributed by atoms with van der Waals surface area (Å²) in [6.45, 7) is 0.526. The molecular formula is C18H21N3O3. The minimum absolute atomic E-state index is 0.189. The van der Waals surface area contributed by atoms with Crippen molar-refractivity contribution in [3.05, 3.63) is 59.7 Å². The Kier molecular flexibility index (Phi) is 6.19. The number of anilines is 1. The fraction of sp³-hybridized carbons (Fsp3) is 0.222. The second kappa shape index (κ2) is 8.57. The number of carbonyl (C=O) groups excluding carboxylic acids is 2. The maximum atomic E-state index is 11.8. The van der Waals surface area contributed by atoms with E-state index in [1.165, 1.54) is 0 Å². The lowest BCUT2D eigenvalue weighted by Crippen LogP contribution is -2.30. The van der Waals surface area contributed by atoms with E-state index in [4.69, 9.17) is 10.5 Å². The Balaban J connectivity index is 1.75. The molecule has 0 aliphatic rings. The van der Waals surface area contributed by atoms with Gasteiger partial charge in [-0.25, -0.2) is 4.79 Å². The van der Waals surface area contributed by atoms with Gasteiger partial charge in [0.05, 0.1) is 13.5 Å². The molecular weight excluding hydrogens is 306 g/mol. The van der Waals surface area contributed by atoms with Gasteiger partial charge in [0.1, 0.15) is 5.75 Å². The highest BCUT2D eigenvalue weighted by atomic mass is 16.5. The van der Waals surface area contributed by atoms with Crippen molar-refractivity contribution in [1.82, 2.24) is 5.32 Å². The molecule has 2 rings (SSSR count). The van der Waals surface area contributed by atoms with Crippen LogP contribution in [0.2, 0.25) is 0 Å². The summed E-state index contributed by atoms with van der Waals surface area (Å²) in [6.07, 6.45) is 0.920. The van der Waals surface area contributed by atoms with Crippen LogP contribution in [0.4, 0.5) is 10.5 Å². The summed E-state index contributed by atoms with van der Waals surface area (Å²) in [5.41, 5.74) is 7.72. The Bertz CT molecular complexity index is 682. The molecule has 0 radical (unpaired) electrons. The lowest BCUT2D eigenvalue weighted by molar-refractivity contribution is -0.117. The molecule has 0 aliphatic carbocycles. The number of methoxy groups -OCH3 is 1. The van der Waals surface area contributed by atoms with E-state index in [1.54, 1.807) is 31.4 Å². The van der Waals surface area contributed by atoms with Gasteiger partial charge in [-0.05, 0) is 41.8 Å². The molecule has 6 nitrogen and oxygen atoms in total. The number of ether oxygens (including phenoxy) is 1. The number of hydrogen-bond donors (Lipinski definition) is 3. The van der Waals surface area contributed by atoms with Crippen LogP contribution in [0, 0.1) is 0 Å². The van der Waals surface area contributed by atoms with Crippen LogP contribution in [0.3, 0.4) is 0 Å². The van der Waals surface area contributed by atoms with E-state index < -0.39 is 0 Å². The minimum atomic E-state index is -0.382. The molecule has 0 spiro atoms. The van der Waals surface area contributed by atoms with Gasteiger partial charge in [-0.3, -0.25) is 4.79 Å². The molecule has 0 fully saturated rings. The molecule has 24 heavy (non-hydrogen) atoms. The van der Waals surface area contributed by atoms with E-state index in [-0.39, 0.29) is 18.4 Å². The fourth-order valence-corrected chi connectivity index (χ4v) is 2.19. The molecule has 0 heterocycles. The highest BCUT2D eigenvalue weighted by Crippen LogP contribution is 2.12. The summed E-state index contributed by atoms with van der Waals surface area (Å²) < 4.78 is 5.10. The Morgan fingerprint density at radius 2 is 1.62 bits per heavy atom. The van der Waals surface area contributed by atoms with Gasteiger partial charge in [-0.1, -0.05) is 24.3 Å². The first-order valence-electron chi connectivity index (χ1n) is 7.62. The Morgan fingerprint density at radius 1 is 1.00 bits per heavy atom. The average molecular weight is 327 g/mol. The van der Waals surface area contributed by atoms with Gasteiger partial charge in [0.2, 0.25) is 5.91 Å². The maximum Gasteiger partial charge on any atom is 0.319 e. The van der Waals surface area contributed by atoms with Crippen LogP contribution in [-0.4, -0.2) is 25.6 Å². The number of rotatable bonds is 7. The zero-order chi connectivity index (χ0) is 17.4. The first-order chi connectivity index (χ1) is 11.6. The number of benzene rings is 2. The molecule has 2 aromatic rings. The average Bonchev–Trinajstić information content (AvgIpc) is 2.57. The smallest absolute Gasteiger partial charge is 0.319 e. The van der Waals surface area contributed by atoms with Crippen LogP contribution in [0.15, 0.2) is 48.5 Å². The molecule has 4 N–H and O–H groups in total. The van der Waals surface area contributed by atoms with Crippen molar-refractivity contribution < 1.29 is 14.3 Å². The third-order valence-electron chi connectivity index (χ3n) is 3.45. The zero-order valence-electron chi connectivity index (χ0n) is 13.5. The Labute approximate surface area is 141 Å².